The average Bonchev–Trinajstić information content (AvgIpc) is 2.87. The van der Waals surface area contributed by atoms with Crippen LogP contribution < -0.4 is 10.1 Å². The van der Waals surface area contributed by atoms with Gasteiger partial charge in [0, 0.05) is 7.05 Å². The van der Waals surface area contributed by atoms with Gasteiger partial charge in [-0.3, -0.25) is 4.68 Å². The van der Waals surface area contributed by atoms with Crippen molar-refractivity contribution in [3.63, 3.8) is 0 Å². The van der Waals surface area contributed by atoms with Gasteiger partial charge in [0.1, 0.15) is 0 Å². The maximum absolute atomic E-state index is 5.46. The predicted octanol–water partition coefficient (Wildman–Crippen LogP) is 4.22. The highest BCUT2D eigenvalue weighted by Gasteiger charge is 2.19. The SMILES string of the molecule is CCCCCCCCC(NCCC)c1c(OC)cnn1C. The Morgan fingerprint density at radius 2 is 1.86 bits per heavy atom. The van der Waals surface area contributed by atoms with Gasteiger partial charge in [-0.1, -0.05) is 52.4 Å². The van der Waals surface area contributed by atoms with Gasteiger partial charge in [-0.15, -0.1) is 0 Å². The maximum Gasteiger partial charge on any atom is 0.161 e. The number of unbranched alkanes of at least 4 members (excludes halogenated alkanes) is 5. The number of hydrogen-bond acceptors (Lipinski definition) is 3. The van der Waals surface area contributed by atoms with Crippen molar-refractivity contribution in [2.75, 3.05) is 13.7 Å². The van der Waals surface area contributed by atoms with Crippen LogP contribution in [0.15, 0.2) is 6.20 Å². The molecule has 4 nitrogen and oxygen atoms in total. The summed E-state index contributed by atoms with van der Waals surface area (Å²) in [6.07, 6.45) is 12.1. The summed E-state index contributed by atoms with van der Waals surface area (Å²) in [5.74, 6) is 0.900. The Morgan fingerprint density at radius 1 is 1.14 bits per heavy atom. The van der Waals surface area contributed by atoms with E-state index in [1.165, 1.54) is 44.2 Å². The molecule has 0 fully saturated rings. The molecule has 0 spiro atoms. The average molecular weight is 295 g/mol. The predicted molar refractivity (Wildman–Crippen MR) is 88.8 cm³/mol. The van der Waals surface area contributed by atoms with E-state index in [-0.39, 0.29) is 0 Å². The Labute approximate surface area is 130 Å². The maximum atomic E-state index is 5.46. The number of aryl methyl sites for hydroxylation is 1. The Kier molecular flexibility index (Phi) is 9.15. The summed E-state index contributed by atoms with van der Waals surface area (Å²) in [6, 6.07) is 0.346. The van der Waals surface area contributed by atoms with Gasteiger partial charge < -0.3 is 10.1 Å². The summed E-state index contributed by atoms with van der Waals surface area (Å²) in [5, 5.41) is 7.99. The van der Waals surface area contributed by atoms with E-state index in [0.29, 0.717) is 6.04 Å². The molecule has 1 aromatic heterocycles. The molecule has 1 aromatic rings. The van der Waals surface area contributed by atoms with Crippen molar-refractivity contribution in [1.82, 2.24) is 15.1 Å². The Hall–Kier alpha value is -1.03. The number of nitrogens with one attached hydrogen (secondary N) is 1. The highest BCUT2D eigenvalue weighted by Crippen LogP contribution is 2.28. The lowest BCUT2D eigenvalue weighted by molar-refractivity contribution is 0.383. The number of aromatic nitrogens is 2. The van der Waals surface area contributed by atoms with Crippen LogP contribution in [0.1, 0.15) is 76.9 Å². The highest BCUT2D eigenvalue weighted by atomic mass is 16.5. The van der Waals surface area contributed by atoms with Crippen LogP contribution in [0.5, 0.6) is 5.75 Å². The minimum absolute atomic E-state index is 0.346. The zero-order chi connectivity index (χ0) is 15.5. The van der Waals surface area contributed by atoms with E-state index in [0.717, 1.165) is 25.1 Å². The molecule has 1 atom stereocenters. The lowest BCUT2D eigenvalue weighted by Crippen LogP contribution is -2.24. The normalized spacial score (nSPS) is 12.6. The second-order valence-electron chi connectivity index (χ2n) is 5.78. The molecule has 0 saturated carbocycles. The molecule has 4 heteroatoms. The molecule has 0 aromatic carbocycles. The van der Waals surface area contributed by atoms with E-state index < -0.39 is 0 Å². The zero-order valence-corrected chi connectivity index (χ0v) is 14.3. The van der Waals surface area contributed by atoms with Gasteiger partial charge in [0.05, 0.1) is 25.0 Å². The third-order valence-electron chi connectivity index (χ3n) is 3.99. The van der Waals surface area contributed by atoms with Gasteiger partial charge in [-0.05, 0) is 19.4 Å². The van der Waals surface area contributed by atoms with Gasteiger partial charge >= 0.3 is 0 Å². The summed E-state index contributed by atoms with van der Waals surface area (Å²) >= 11 is 0. The summed E-state index contributed by atoms with van der Waals surface area (Å²) in [5.41, 5.74) is 1.18. The Morgan fingerprint density at radius 3 is 2.52 bits per heavy atom. The number of methoxy groups -OCH3 is 1. The van der Waals surface area contributed by atoms with Gasteiger partial charge in [0.15, 0.2) is 5.75 Å². The van der Waals surface area contributed by atoms with E-state index in [9.17, 15) is 0 Å². The second-order valence-corrected chi connectivity index (χ2v) is 5.78. The van der Waals surface area contributed by atoms with Gasteiger partial charge in [0.2, 0.25) is 0 Å². The first kappa shape index (κ1) is 18.0. The fourth-order valence-corrected chi connectivity index (χ4v) is 2.76. The Balaban J connectivity index is 2.53. The van der Waals surface area contributed by atoms with Crippen LogP contribution in [0, 0.1) is 0 Å². The van der Waals surface area contributed by atoms with E-state index in [1.807, 2.05) is 17.9 Å². The van der Waals surface area contributed by atoms with Gasteiger partial charge in [0.25, 0.3) is 0 Å². The Bertz CT molecular complexity index is 376. The molecular weight excluding hydrogens is 262 g/mol. The largest absolute Gasteiger partial charge is 0.493 e. The van der Waals surface area contributed by atoms with Crippen LogP contribution in [-0.2, 0) is 7.05 Å². The van der Waals surface area contributed by atoms with Gasteiger partial charge in [-0.2, -0.15) is 5.10 Å². The summed E-state index contributed by atoms with van der Waals surface area (Å²) in [7, 11) is 3.72. The zero-order valence-electron chi connectivity index (χ0n) is 14.3. The summed E-state index contributed by atoms with van der Waals surface area (Å²) in [6.45, 7) is 5.50. The molecule has 0 aliphatic rings. The number of nitrogens with zero attached hydrogens (tertiary/aromatic N) is 2. The minimum Gasteiger partial charge on any atom is -0.493 e. The lowest BCUT2D eigenvalue weighted by Gasteiger charge is -2.20. The number of hydrogen-bond donors (Lipinski definition) is 1. The van der Waals surface area contributed by atoms with Crippen molar-refractivity contribution < 1.29 is 4.74 Å². The molecule has 1 N–H and O–H groups in total. The standard InChI is InChI=1S/C17H33N3O/c1-5-7-8-9-10-11-12-15(18-13-6-2)17-16(21-4)14-19-20(17)3/h14-15,18H,5-13H2,1-4H3. The molecule has 1 rings (SSSR count). The van der Waals surface area contributed by atoms with E-state index in [1.54, 1.807) is 7.11 Å². The van der Waals surface area contributed by atoms with Crippen molar-refractivity contribution in [3.8, 4) is 5.75 Å². The van der Waals surface area contributed by atoms with Crippen molar-refractivity contribution >= 4 is 0 Å². The smallest absolute Gasteiger partial charge is 0.161 e. The summed E-state index contributed by atoms with van der Waals surface area (Å²) < 4.78 is 7.41. The number of rotatable bonds is 12. The first-order chi connectivity index (χ1) is 10.2. The topological polar surface area (TPSA) is 39.1 Å². The van der Waals surface area contributed by atoms with Crippen LogP contribution in [-0.4, -0.2) is 23.4 Å². The molecule has 0 amide bonds. The summed E-state index contributed by atoms with van der Waals surface area (Å²) in [4.78, 5) is 0. The molecule has 122 valence electrons. The van der Waals surface area contributed by atoms with Crippen molar-refractivity contribution in [1.29, 1.82) is 0 Å². The molecule has 0 aliphatic carbocycles. The fourth-order valence-electron chi connectivity index (χ4n) is 2.76. The van der Waals surface area contributed by atoms with E-state index in [2.05, 4.69) is 24.3 Å². The first-order valence-electron chi connectivity index (χ1n) is 8.53. The lowest BCUT2D eigenvalue weighted by atomic mass is 10.0. The van der Waals surface area contributed by atoms with Crippen molar-refractivity contribution in [2.45, 2.75) is 71.3 Å². The third-order valence-corrected chi connectivity index (χ3v) is 3.99. The molecular formula is C17H33N3O. The number of ether oxygens (including phenoxy) is 1. The van der Waals surface area contributed by atoms with Crippen molar-refractivity contribution in [3.05, 3.63) is 11.9 Å². The molecule has 0 bridgehead atoms. The molecule has 1 unspecified atom stereocenters. The van der Waals surface area contributed by atoms with Crippen LogP contribution >= 0.6 is 0 Å². The van der Waals surface area contributed by atoms with Crippen LogP contribution in [0.3, 0.4) is 0 Å². The molecule has 1 heterocycles. The first-order valence-corrected chi connectivity index (χ1v) is 8.53. The second kappa shape index (κ2) is 10.7. The molecule has 21 heavy (non-hydrogen) atoms. The van der Waals surface area contributed by atoms with E-state index in [4.69, 9.17) is 4.74 Å². The van der Waals surface area contributed by atoms with Crippen LogP contribution in [0.2, 0.25) is 0 Å². The van der Waals surface area contributed by atoms with Crippen LogP contribution in [0.4, 0.5) is 0 Å². The third kappa shape index (κ3) is 6.08. The minimum atomic E-state index is 0.346. The van der Waals surface area contributed by atoms with Crippen molar-refractivity contribution in [2.24, 2.45) is 7.05 Å². The van der Waals surface area contributed by atoms with Gasteiger partial charge in [-0.25, -0.2) is 0 Å². The van der Waals surface area contributed by atoms with Crippen LogP contribution in [0.25, 0.3) is 0 Å². The monoisotopic (exact) mass is 295 g/mol. The molecule has 0 aliphatic heterocycles. The van der Waals surface area contributed by atoms with E-state index >= 15 is 0 Å². The highest BCUT2D eigenvalue weighted by molar-refractivity contribution is 5.28. The quantitative estimate of drug-likeness (QED) is 0.587. The molecule has 0 saturated heterocycles. The molecule has 0 radical (unpaired) electrons. The fraction of sp³-hybridized carbons (Fsp3) is 0.824.